The minimum atomic E-state index is 0.417. The Hall–Kier alpha value is -2.20. The van der Waals surface area contributed by atoms with Gasteiger partial charge in [-0.15, -0.1) is 0 Å². The Morgan fingerprint density at radius 2 is 2.11 bits per heavy atom. The summed E-state index contributed by atoms with van der Waals surface area (Å²) in [7, 11) is 0. The number of nitrogens with one attached hydrogen (secondary N) is 1. The molecule has 0 aliphatic heterocycles. The number of nitrogens with two attached hydrogens (primary N) is 1. The molecule has 18 heavy (non-hydrogen) atoms. The first kappa shape index (κ1) is 10.9. The van der Waals surface area contributed by atoms with Crippen molar-refractivity contribution in [1.29, 1.82) is 0 Å². The maximum atomic E-state index is 5.52. The predicted molar refractivity (Wildman–Crippen MR) is 72.0 cm³/mol. The molecule has 0 aliphatic rings. The van der Waals surface area contributed by atoms with Gasteiger partial charge in [0, 0.05) is 29.2 Å². The van der Waals surface area contributed by atoms with Crippen LogP contribution in [0.5, 0.6) is 0 Å². The summed E-state index contributed by atoms with van der Waals surface area (Å²) in [6.45, 7) is 2.50. The number of rotatable bonds is 2. The highest BCUT2D eigenvalue weighted by molar-refractivity contribution is 5.94. The van der Waals surface area contributed by atoms with Crippen molar-refractivity contribution in [2.75, 3.05) is 0 Å². The predicted octanol–water partition coefficient (Wildman–Crippen LogP) is 2.39. The maximum absolute atomic E-state index is 5.52. The molecule has 0 saturated heterocycles. The normalized spacial score (nSPS) is 11.0. The molecule has 0 spiro atoms. The van der Waals surface area contributed by atoms with Gasteiger partial charge in [0.2, 0.25) is 0 Å². The number of H-pyrrole nitrogens is 1. The van der Waals surface area contributed by atoms with Crippen LogP contribution in [0.1, 0.15) is 11.3 Å². The highest BCUT2D eigenvalue weighted by Crippen LogP contribution is 2.27. The molecular formula is C14H14N4. The lowest BCUT2D eigenvalue weighted by Gasteiger charge is -2.00. The quantitative estimate of drug-likeness (QED) is 0.720. The summed E-state index contributed by atoms with van der Waals surface area (Å²) in [5.74, 6) is 0. The summed E-state index contributed by atoms with van der Waals surface area (Å²) in [6.07, 6.45) is 5.46. The second-order valence-electron chi connectivity index (χ2n) is 4.35. The van der Waals surface area contributed by atoms with E-state index in [1.165, 1.54) is 5.56 Å². The van der Waals surface area contributed by atoms with Gasteiger partial charge in [0.15, 0.2) is 0 Å². The van der Waals surface area contributed by atoms with Gasteiger partial charge >= 0.3 is 0 Å². The molecule has 4 heteroatoms. The van der Waals surface area contributed by atoms with Crippen LogP contribution in [0.4, 0.5) is 0 Å². The lowest BCUT2D eigenvalue weighted by atomic mass is 10.1. The zero-order chi connectivity index (χ0) is 12.5. The molecule has 0 fully saturated rings. The lowest BCUT2D eigenvalue weighted by Crippen LogP contribution is -2.00. The van der Waals surface area contributed by atoms with E-state index in [1.54, 1.807) is 12.4 Å². The third-order valence-corrected chi connectivity index (χ3v) is 3.03. The first-order valence-corrected chi connectivity index (χ1v) is 5.87. The molecule has 3 aromatic rings. The molecule has 1 aromatic carbocycles. The average Bonchev–Trinajstić information content (AvgIpc) is 2.81. The van der Waals surface area contributed by atoms with Crippen LogP contribution in [-0.2, 0) is 6.54 Å². The van der Waals surface area contributed by atoms with Gasteiger partial charge in [-0.1, -0.05) is 12.1 Å². The van der Waals surface area contributed by atoms with Crippen LogP contribution >= 0.6 is 0 Å². The van der Waals surface area contributed by atoms with Crippen LogP contribution in [0.25, 0.3) is 22.2 Å². The molecule has 4 nitrogen and oxygen atoms in total. The summed E-state index contributed by atoms with van der Waals surface area (Å²) < 4.78 is 0. The second-order valence-corrected chi connectivity index (χ2v) is 4.35. The van der Waals surface area contributed by atoms with E-state index < -0.39 is 0 Å². The fourth-order valence-corrected chi connectivity index (χ4v) is 2.05. The first-order chi connectivity index (χ1) is 8.78. The van der Waals surface area contributed by atoms with Gasteiger partial charge in [-0.2, -0.15) is 0 Å². The van der Waals surface area contributed by atoms with E-state index in [-0.39, 0.29) is 0 Å². The molecule has 0 unspecified atom stereocenters. The summed E-state index contributed by atoms with van der Waals surface area (Å²) in [5.41, 5.74) is 10.6. The van der Waals surface area contributed by atoms with Crippen LogP contribution in [0, 0.1) is 6.92 Å². The van der Waals surface area contributed by atoms with E-state index in [4.69, 9.17) is 5.73 Å². The van der Waals surface area contributed by atoms with E-state index in [2.05, 4.69) is 40.1 Å². The molecule has 3 N–H and O–H groups in total. The Bertz CT molecular complexity index is 683. The number of hydrogen-bond donors (Lipinski definition) is 2. The monoisotopic (exact) mass is 238 g/mol. The standard InChI is InChI=1S/C14H14N4/c1-9-2-3-11-12(7-18-13(11)4-9)14-8-16-10(5-15)6-17-14/h2-4,6-8,18H,5,15H2,1H3. The van der Waals surface area contributed by atoms with Crippen molar-refractivity contribution in [3.05, 3.63) is 48.0 Å². The molecule has 0 aliphatic carbocycles. The molecule has 2 aromatic heterocycles. The number of nitrogens with zero attached hydrogens (tertiary/aromatic N) is 2. The summed E-state index contributed by atoms with van der Waals surface area (Å²) in [5, 5.41) is 1.16. The van der Waals surface area contributed by atoms with Crippen LogP contribution in [0.2, 0.25) is 0 Å². The minimum absolute atomic E-state index is 0.417. The molecule has 3 rings (SSSR count). The van der Waals surface area contributed by atoms with Crippen molar-refractivity contribution in [3.8, 4) is 11.3 Å². The van der Waals surface area contributed by atoms with Crippen LogP contribution in [0.3, 0.4) is 0 Å². The zero-order valence-corrected chi connectivity index (χ0v) is 10.1. The molecule has 0 radical (unpaired) electrons. The van der Waals surface area contributed by atoms with Gasteiger partial charge < -0.3 is 10.7 Å². The van der Waals surface area contributed by atoms with Crippen LogP contribution in [0.15, 0.2) is 36.8 Å². The molecule has 2 heterocycles. The van der Waals surface area contributed by atoms with Gasteiger partial charge in [-0.05, 0) is 18.6 Å². The fraction of sp³-hybridized carbons (Fsp3) is 0.143. The Kier molecular flexibility index (Phi) is 2.57. The number of benzene rings is 1. The van der Waals surface area contributed by atoms with Gasteiger partial charge in [0.05, 0.1) is 23.8 Å². The van der Waals surface area contributed by atoms with E-state index in [0.717, 1.165) is 27.9 Å². The number of hydrogen-bond acceptors (Lipinski definition) is 3. The molecular weight excluding hydrogens is 224 g/mol. The van der Waals surface area contributed by atoms with Crippen LogP contribution in [-0.4, -0.2) is 15.0 Å². The number of aromatic amines is 1. The van der Waals surface area contributed by atoms with Crippen molar-refractivity contribution in [1.82, 2.24) is 15.0 Å². The highest BCUT2D eigenvalue weighted by Gasteiger charge is 2.07. The van der Waals surface area contributed by atoms with Gasteiger partial charge in [-0.3, -0.25) is 9.97 Å². The number of fused-ring (bicyclic) bond motifs is 1. The highest BCUT2D eigenvalue weighted by atomic mass is 14.8. The molecule has 0 bridgehead atoms. The smallest absolute Gasteiger partial charge is 0.0906 e. The third-order valence-electron chi connectivity index (χ3n) is 3.03. The fourth-order valence-electron chi connectivity index (χ4n) is 2.05. The largest absolute Gasteiger partial charge is 0.360 e. The molecule has 90 valence electrons. The van der Waals surface area contributed by atoms with Crippen molar-refractivity contribution < 1.29 is 0 Å². The van der Waals surface area contributed by atoms with Crippen molar-refractivity contribution in [3.63, 3.8) is 0 Å². The number of aryl methyl sites for hydroxylation is 1. The van der Waals surface area contributed by atoms with E-state index in [9.17, 15) is 0 Å². The van der Waals surface area contributed by atoms with Gasteiger partial charge in [0.1, 0.15) is 0 Å². The van der Waals surface area contributed by atoms with Crippen molar-refractivity contribution >= 4 is 10.9 Å². The molecule has 0 atom stereocenters. The van der Waals surface area contributed by atoms with E-state index >= 15 is 0 Å². The van der Waals surface area contributed by atoms with Crippen molar-refractivity contribution in [2.45, 2.75) is 13.5 Å². The Labute approximate surface area is 105 Å². The Balaban J connectivity index is 2.13. The zero-order valence-electron chi connectivity index (χ0n) is 10.1. The Morgan fingerprint density at radius 1 is 1.22 bits per heavy atom. The number of aromatic nitrogens is 3. The lowest BCUT2D eigenvalue weighted by molar-refractivity contribution is 0.966. The SMILES string of the molecule is Cc1ccc2c(-c3cnc(CN)cn3)c[nH]c2c1. The molecule has 0 amide bonds. The van der Waals surface area contributed by atoms with Crippen LogP contribution < -0.4 is 5.73 Å². The van der Waals surface area contributed by atoms with Gasteiger partial charge in [0.25, 0.3) is 0 Å². The molecule has 0 saturated carbocycles. The summed E-state index contributed by atoms with van der Waals surface area (Å²) in [6, 6.07) is 6.33. The Morgan fingerprint density at radius 3 is 2.83 bits per heavy atom. The first-order valence-electron chi connectivity index (χ1n) is 5.87. The average molecular weight is 238 g/mol. The van der Waals surface area contributed by atoms with E-state index in [0.29, 0.717) is 6.54 Å². The maximum Gasteiger partial charge on any atom is 0.0906 e. The van der Waals surface area contributed by atoms with Crippen molar-refractivity contribution in [2.24, 2.45) is 5.73 Å². The summed E-state index contributed by atoms with van der Waals surface area (Å²) in [4.78, 5) is 11.9. The van der Waals surface area contributed by atoms with Gasteiger partial charge in [-0.25, -0.2) is 0 Å². The minimum Gasteiger partial charge on any atom is -0.360 e. The summed E-state index contributed by atoms with van der Waals surface area (Å²) >= 11 is 0. The van der Waals surface area contributed by atoms with E-state index in [1.807, 2.05) is 6.20 Å². The topological polar surface area (TPSA) is 67.6 Å². The third kappa shape index (κ3) is 1.76. The second kappa shape index (κ2) is 4.23.